The van der Waals surface area contributed by atoms with Gasteiger partial charge in [-0.25, -0.2) is 0 Å². The van der Waals surface area contributed by atoms with Crippen molar-refractivity contribution in [3.8, 4) is 0 Å². The maximum Gasteiger partial charge on any atom is 0.286 e. The summed E-state index contributed by atoms with van der Waals surface area (Å²) in [5.41, 5.74) is 2.79. The molecule has 0 radical (unpaired) electrons. The second-order valence-corrected chi connectivity index (χ2v) is 6.43. The van der Waals surface area contributed by atoms with Crippen molar-refractivity contribution in [1.82, 2.24) is 10.6 Å². The van der Waals surface area contributed by atoms with Crippen LogP contribution < -0.4 is 10.6 Å². The number of benzene rings is 1. The van der Waals surface area contributed by atoms with Crippen LogP contribution in [0.3, 0.4) is 0 Å². The maximum absolute atomic E-state index is 12.0. The zero-order valence-corrected chi connectivity index (χ0v) is 14.3. The molecular weight excluding hydrogens is 316 g/mol. The number of carbonyl (C=O) groups excluding carboxylic acids is 2. The SMILES string of the molecule is O=C(CCCNC(=O)c1ccco1)NCC1CCCc2ccccc21. The molecule has 0 fully saturated rings. The molecule has 5 nitrogen and oxygen atoms in total. The predicted octanol–water partition coefficient (Wildman–Crippen LogP) is 3.03. The molecule has 1 heterocycles. The fourth-order valence-corrected chi connectivity index (χ4v) is 3.34. The third-order valence-electron chi connectivity index (χ3n) is 4.65. The van der Waals surface area contributed by atoms with Gasteiger partial charge in [0.1, 0.15) is 0 Å². The Labute approximate surface area is 147 Å². The number of hydrogen-bond donors (Lipinski definition) is 2. The molecule has 0 saturated heterocycles. The Hall–Kier alpha value is -2.56. The number of fused-ring (bicyclic) bond motifs is 1. The smallest absolute Gasteiger partial charge is 0.286 e. The van der Waals surface area contributed by atoms with Gasteiger partial charge in [-0.05, 0) is 48.9 Å². The van der Waals surface area contributed by atoms with Crippen LogP contribution in [0.5, 0.6) is 0 Å². The lowest BCUT2D eigenvalue weighted by Crippen LogP contribution is -2.31. The second-order valence-electron chi connectivity index (χ2n) is 6.43. The van der Waals surface area contributed by atoms with Gasteiger partial charge in [0.05, 0.1) is 6.26 Å². The topological polar surface area (TPSA) is 71.3 Å². The molecule has 5 heteroatoms. The highest BCUT2D eigenvalue weighted by Gasteiger charge is 2.20. The molecule has 1 atom stereocenters. The fourth-order valence-electron chi connectivity index (χ4n) is 3.34. The molecule has 1 aliphatic rings. The Morgan fingerprint density at radius 1 is 1.12 bits per heavy atom. The van der Waals surface area contributed by atoms with Crippen LogP contribution in [-0.4, -0.2) is 24.9 Å². The van der Waals surface area contributed by atoms with Gasteiger partial charge in [0.2, 0.25) is 5.91 Å². The Bertz CT molecular complexity index is 709. The highest BCUT2D eigenvalue weighted by atomic mass is 16.3. The summed E-state index contributed by atoms with van der Waals surface area (Å²) >= 11 is 0. The molecular formula is C20H24N2O3. The van der Waals surface area contributed by atoms with Gasteiger partial charge in [-0.2, -0.15) is 0 Å². The van der Waals surface area contributed by atoms with Crippen LogP contribution in [0.15, 0.2) is 47.1 Å². The van der Waals surface area contributed by atoms with E-state index < -0.39 is 0 Å². The summed E-state index contributed by atoms with van der Waals surface area (Å²) in [7, 11) is 0. The predicted molar refractivity (Wildman–Crippen MR) is 95.4 cm³/mol. The molecule has 2 amide bonds. The molecule has 0 aliphatic heterocycles. The Balaban J connectivity index is 1.36. The summed E-state index contributed by atoms with van der Waals surface area (Å²) in [6.45, 7) is 1.15. The third-order valence-corrected chi connectivity index (χ3v) is 4.65. The molecule has 1 aromatic heterocycles. The quantitative estimate of drug-likeness (QED) is 0.761. The average molecular weight is 340 g/mol. The lowest BCUT2D eigenvalue weighted by Gasteiger charge is -2.25. The first-order chi connectivity index (χ1) is 12.2. The van der Waals surface area contributed by atoms with Gasteiger partial charge in [0, 0.05) is 25.4 Å². The summed E-state index contributed by atoms with van der Waals surface area (Å²) in [6, 6.07) is 11.8. The number of amides is 2. The van der Waals surface area contributed by atoms with E-state index in [9.17, 15) is 9.59 Å². The lowest BCUT2D eigenvalue weighted by molar-refractivity contribution is -0.121. The van der Waals surface area contributed by atoms with Crippen molar-refractivity contribution in [2.75, 3.05) is 13.1 Å². The van der Waals surface area contributed by atoms with Gasteiger partial charge >= 0.3 is 0 Å². The van der Waals surface area contributed by atoms with Crippen molar-refractivity contribution in [2.24, 2.45) is 0 Å². The van der Waals surface area contributed by atoms with Gasteiger partial charge in [-0.1, -0.05) is 24.3 Å². The van der Waals surface area contributed by atoms with E-state index in [1.165, 1.54) is 23.8 Å². The molecule has 0 bridgehead atoms. The van der Waals surface area contributed by atoms with Gasteiger partial charge in [0.25, 0.3) is 5.91 Å². The summed E-state index contributed by atoms with van der Waals surface area (Å²) in [5, 5.41) is 5.79. The molecule has 132 valence electrons. The van der Waals surface area contributed by atoms with Crippen LogP contribution in [-0.2, 0) is 11.2 Å². The largest absolute Gasteiger partial charge is 0.459 e. The number of carbonyl (C=O) groups is 2. The molecule has 0 spiro atoms. The van der Waals surface area contributed by atoms with Crippen molar-refractivity contribution in [3.05, 3.63) is 59.5 Å². The van der Waals surface area contributed by atoms with Gasteiger partial charge in [0.15, 0.2) is 5.76 Å². The fraction of sp³-hybridized carbons (Fsp3) is 0.400. The Morgan fingerprint density at radius 3 is 2.84 bits per heavy atom. The van der Waals surface area contributed by atoms with Crippen LogP contribution in [0.1, 0.15) is 53.3 Å². The van der Waals surface area contributed by atoms with E-state index in [1.54, 1.807) is 12.1 Å². The first-order valence-corrected chi connectivity index (χ1v) is 8.90. The zero-order chi connectivity index (χ0) is 17.5. The number of rotatable bonds is 7. The number of furan rings is 1. The van der Waals surface area contributed by atoms with E-state index in [-0.39, 0.29) is 11.8 Å². The monoisotopic (exact) mass is 340 g/mol. The minimum Gasteiger partial charge on any atom is -0.459 e. The first kappa shape index (κ1) is 17.3. The minimum absolute atomic E-state index is 0.0373. The van der Waals surface area contributed by atoms with Crippen molar-refractivity contribution in [2.45, 2.75) is 38.0 Å². The van der Waals surface area contributed by atoms with Crippen molar-refractivity contribution >= 4 is 11.8 Å². The second kappa shape index (κ2) is 8.51. The zero-order valence-electron chi connectivity index (χ0n) is 14.3. The number of hydrogen-bond acceptors (Lipinski definition) is 3. The first-order valence-electron chi connectivity index (χ1n) is 8.90. The Kier molecular flexibility index (Phi) is 5.88. The maximum atomic E-state index is 12.0. The molecule has 3 rings (SSSR count). The van der Waals surface area contributed by atoms with Crippen LogP contribution >= 0.6 is 0 Å². The minimum atomic E-state index is -0.246. The van der Waals surface area contributed by atoms with E-state index in [0.29, 0.717) is 37.6 Å². The molecule has 0 saturated carbocycles. The molecule has 1 aliphatic carbocycles. The summed E-state index contributed by atoms with van der Waals surface area (Å²) in [4.78, 5) is 23.7. The highest BCUT2D eigenvalue weighted by Crippen LogP contribution is 2.30. The van der Waals surface area contributed by atoms with Crippen LogP contribution in [0.4, 0.5) is 0 Å². The average Bonchev–Trinajstić information content (AvgIpc) is 3.18. The van der Waals surface area contributed by atoms with Crippen LogP contribution in [0.2, 0.25) is 0 Å². The molecule has 2 aromatic rings. The summed E-state index contributed by atoms with van der Waals surface area (Å²) < 4.78 is 5.02. The lowest BCUT2D eigenvalue weighted by atomic mass is 9.83. The van der Waals surface area contributed by atoms with E-state index in [1.807, 2.05) is 0 Å². The molecule has 1 aromatic carbocycles. The van der Waals surface area contributed by atoms with Crippen molar-refractivity contribution < 1.29 is 14.0 Å². The van der Waals surface area contributed by atoms with E-state index in [4.69, 9.17) is 4.42 Å². The molecule has 25 heavy (non-hydrogen) atoms. The molecule has 2 N–H and O–H groups in total. The number of aryl methyl sites for hydroxylation is 1. The van der Waals surface area contributed by atoms with Crippen LogP contribution in [0.25, 0.3) is 0 Å². The van der Waals surface area contributed by atoms with Gasteiger partial charge in [-0.15, -0.1) is 0 Å². The van der Waals surface area contributed by atoms with Crippen LogP contribution in [0, 0.1) is 0 Å². The van der Waals surface area contributed by atoms with E-state index in [0.717, 1.165) is 12.8 Å². The van der Waals surface area contributed by atoms with Gasteiger partial charge in [-0.3, -0.25) is 9.59 Å². The Morgan fingerprint density at radius 2 is 2.00 bits per heavy atom. The molecule has 1 unspecified atom stereocenters. The summed E-state index contributed by atoms with van der Waals surface area (Å²) in [5.74, 6) is 0.493. The van der Waals surface area contributed by atoms with E-state index >= 15 is 0 Å². The third kappa shape index (κ3) is 4.72. The van der Waals surface area contributed by atoms with Gasteiger partial charge < -0.3 is 15.1 Å². The normalized spacial score (nSPS) is 16.1. The number of nitrogens with one attached hydrogen (secondary N) is 2. The van der Waals surface area contributed by atoms with Crippen molar-refractivity contribution in [3.63, 3.8) is 0 Å². The summed E-state index contributed by atoms with van der Waals surface area (Å²) in [6.07, 6.45) is 5.92. The highest BCUT2D eigenvalue weighted by molar-refractivity contribution is 5.91. The van der Waals surface area contributed by atoms with E-state index in [2.05, 4.69) is 34.9 Å². The standard InChI is InChI=1S/C20H24N2O3/c23-19(11-4-12-21-20(24)18-10-5-13-25-18)22-14-16-8-3-7-15-6-1-2-9-17(15)16/h1-2,5-6,9-10,13,16H,3-4,7-8,11-12,14H2,(H,21,24)(H,22,23). The van der Waals surface area contributed by atoms with Crippen molar-refractivity contribution in [1.29, 1.82) is 0 Å².